The van der Waals surface area contributed by atoms with Crippen LogP contribution in [0.4, 0.5) is 0 Å². The number of carbonyl (C=O) groups excluding carboxylic acids is 1. The second-order valence-corrected chi connectivity index (χ2v) is 9.23. The maximum atomic E-state index is 13.1. The van der Waals surface area contributed by atoms with Gasteiger partial charge in [-0.25, -0.2) is 0 Å². The van der Waals surface area contributed by atoms with Gasteiger partial charge in [0, 0.05) is 12.1 Å². The van der Waals surface area contributed by atoms with Gasteiger partial charge in [0.05, 0.1) is 26.2 Å². The lowest BCUT2D eigenvalue weighted by atomic mass is 10.0. The van der Waals surface area contributed by atoms with Gasteiger partial charge in [-0.05, 0) is 54.8 Å². The second kappa shape index (κ2) is 9.89. The zero-order valence-electron chi connectivity index (χ0n) is 18.9. The van der Waals surface area contributed by atoms with E-state index < -0.39 is 0 Å². The van der Waals surface area contributed by atoms with E-state index in [0.29, 0.717) is 45.2 Å². The molecule has 1 saturated heterocycles. The highest BCUT2D eigenvalue weighted by molar-refractivity contribution is 8.26. The van der Waals surface area contributed by atoms with Gasteiger partial charge in [0.15, 0.2) is 23.0 Å². The minimum Gasteiger partial charge on any atom is -0.493 e. The van der Waals surface area contributed by atoms with Crippen molar-refractivity contribution >= 4 is 40.3 Å². The molecule has 0 aliphatic carbocycles. The molecule has 2 aliphatic rings. The summed E-state index contributed by atoms with van der Waals surface area (Å²) in [7, 11) is 4.83. The molecule has 1 atom stereocenters. The maximum absolute atomic E-state index is 13.1. The Kier molecular flexibility index (Phi) is 6.95. The van der Waals surface area contributed by atoms with Crippen molar-refractivity contribution in [1.29, 1.82) is 0 Å². The van der Waals surface area contributed by atoms with Crippen molar-refractivity contribution < 1.29 is 23.7 Å². The highest BCUT2D eigenvalue weighted by Crippen LogP contribution is 2.40. The van der Waals surface area contributed by atoms with Crippen LogP contribution in [0.25, 0.3) is 6.08 Å². The average Bonchev–Trinajstić information content (AvgIpc) is 3.09. The van der Waals surface area contributed by atoms with E-state index in [1.54, 1.807) is 26.2 Å². The molecule has 0 bridgehead atoms. The highest BCUT2D eigenvalue weighted by atomic mass is 32.2. The van der Waals surface area contributed by atoms with Gasteiger partial charge in [-0.2, -0.15) is 0 Å². The topological polar surface area (TPSA) is 57.2 Å². The lowest BCUT2D eigenvalue weighted by molar-refractivity contribution is -0.122. The predicted molar refractivity (Wildman–Crippen MR) is 134 cm³/mol. The van der Waals surface area contributed by atoms with E-state index in [1.807, 2.05) is 55.5 Å². The number of para-hydroxylation sites is 1. The molecule has 2 heterocycles. The second-order valence-electron chi connectivity index (χ2n) is 7.56. The van der Waals surface area contributed by atoms with Crippen LogP contribution < -0.4 is 18.9 Å². The minimum atomic E-state index is -0.218. The van der Waals surface area contributed by atoms with Crippen LogP contribution in [0.2, 0.25) is 0 Å². The normalized spacial score (nSPS) is 18.7. The van der Waals surface area contributed by atoms with E-state index in [-0.39, 0.29) is 12.0 Å². The van der Waals surface area contributed by atoms with Crippen molar-refractivity contribution in [3.8, 4) is 23.0 Å². The number of methoxy groups -OCH3 is 3. The Hall–Kier alpha value is -2.97. The lowest BCUT2D eigenvalue weighted by Crippen LogP contribution is -2.30. The van der Waals surface area contributed by atoms with E-state index >= 15 is 0 Å². The van der Waals surface area contributed by atoms with Crippen molar-refractivity contribution in [3.63, 3.8) is 0 Å². The van der Waals surface area contributed by atoms with Crippen molar-refractivity contribution in [1.82, 2.24) is 4.90 Å². The Balaban J connectivity index is 1.50. The molecule has 0 N–H and O–H groups in total. The molecule has 172 valence electrons. The molecule has 0 radical (unpaired) electrons. The number of rotatable bonds is 7. The molecule has 4 rings (SSSR count). The van der Waals surface area contributed by atoms with Crippen LogP contribution in [0, 0.1) is 0 Å². The molecular formula is C25H25NO5S2. The van der Waals surface area contributed by atoms with Gasteiger partial charge >= 0.3 is 0 Å². The van der Waals surface area contributed by atoms with Gasteiger partial charge in [0.2, 0.25) is 0 Å². The largest absolute Gasteiger partial charge is 0.493 e. The summed E-state index contributed by atoms with van der Waals surface area (Å²) in [5.41, 5.74) is 2.87. The Morgan fingerprint density at radius 3 is 2.58 bits per heavy atom. The molecule has 2 aromatic carbocycles. The Labute approximate surface area is 203 Å². The maximum Gasteiger partial charge on any atom is 0.266 e. The van der Waals surface area contributed by atoms with Gasteiger partial charge in [0.25, 0.3) is 5.91 Å². The number of thioether (sulfide) groups is 1. The van der Waals surface area contributed by atoms with Crippen molar-refractivity contribution in [3.05, 3.63) is 64.1 Å². The number of thiocarbonyl (C=S) groups is 1. The van der Waals surface area contributed by atoms with E-state index in [4.69, 9.17) is 31.2 Å². The Morgan fingerprint density at radius 1 is 1.09 bits per heavy atom. The van der Waals surface area contributed by atoms with E-state index in [9.17, 15) is 4.79 Å². The summed E-state index contributed by atoms with van der Waals surface area (Å²) in [5.74, 6) is 2.65. The predicted octanol–water partition coefficient (Wildman–Crippen LogP) is 4.86. The van der Waals surface area contributed by atoms with Crippen LogP contribution in [-0.4, -0.2) is 49.1 Å². The van der Waals surface area contributed by atoms with Gasteiger partial charge in [-0.3, -0.25) is 9.69 Å². The van der Waals surface area contributed by atoms with Crippen LogP contribution in [-0.2, 0) is 11.2 Å². The van der Waals surface area contributed by atoms with E-state index in [1.165, 1.54) is 11.8 Å². The molecule has 2 aliphatic heterocycles. The van der Waals surface area contributed by atoms with E-state index in [0.717, 1.165) is 16.7 Å². The zero-order valence-corrected chi connectivity index (χ0v) is 20.5. The molecule has 6 nitrogen and oxygen atoms in total. The molecular weight excluding hydrogens is 458 g/mol. The summed E-state index contributed by atoms with van der Waals surface area (Å²) in [6, 6.07) is 11.5. The number of nitrogens with zero attached hydrogens (tertiary/aromatic N) is 1. The molecule has 2 aromatic rings. The first-order valence-electron chi connectivity index (χ1n) is 10.5. The third-order valence-corrected chi connectivity index (χ3v) is 6.94. The minimum absolute atomic E-state index is 0.0879. The van der Waals surface area contributed by atoms with Crippen LogP contribution in [0.5, 0.6) is 23.0 Å². The fourth-order valence-corrected chi connectivity index (χ4v) is 5.06. The Morgan fingerprint density at radius 2 is 1.85 bits per heavy atom. The van der Waals surface area contributed by atoms with Crippen LogP contribution >= 0.6 is 24.0 Å². The van der Waals surface area contributed by atoms with Gasteiger partial charge in [-0.15, -0.1) is 0 Å². The van der Waals surface area contributed by atoms with Crippen LogP contribution in [0.3, 0.4) is 0 Å². The van der Waals surface area contributed by atoms with Crippen LogP contribution in [0.1, 0.15) is 18.1 Å². The number of carbonyl (C=O) groups is 1. The van der Waals surface area contributed by atoms with Gasteiger partial charge in [0.1, 0.15) is 10.4 Å². The third-order valence-electron chi connectivity index (χ3n) is 5.56. The molecule has 1 unspecified atom stereocenters. The Bertz CT molecular complexity index is 1160. The molecule has 1 amide bonds. The molecule has 0 spiro atoms. The summed E-state index contributed by atoms with van der Waals surface area (Å²) in [5, 5.41) is 0. The standard InChI is InChI=1S/C25H25NO5S2/c1-15-18(13-17-6-5-7-20(29-3)23(17)31-15)14-22-24(27)26(25(32)33-22)11-10-16-8-9-19(28-2)21(12-16)30-4/h5-9,12-15H,10-11H2,1-4H3. The summed E-state index contributed by atoms with van der Waals surface area (Å²) in [6.07, 6.45) is 4.34. The fraction of sp³-hybridized carbons (Fsp3) is 0.280. The van der Waals surface area contributed by atoms with Crippen molar-refractivity contribution in [2.45, 2.75) is 19.4 Å². The number of hydrogen-bond donors (Lipinski definition) is 0. The zero-order chi connectivity index (χ0) is 23.5. The first-order valence-corrected chi connectivity index (χ1v) is 11.7. The summed E-state index contributed by atoms with van der Waals surface area (Å²) < 4.78 is 22.7. The fourth-order valence-electron chi connectivity index (χ4n) is 3.76. The van der Waals surface area contributed by atoms with Crippen molar-refractivity contribution in [2.75, 3.05) is 27.9 Å². The average molecular weight is 484 g/mol. The summed E-state index contributed by atoms with van der Waals surface area (Å²) in [6.45, 7) is 2.44. The van der Waals surface area contributed by atoms with E-state index in [2.05, 4.69) is 0 Å². The van der Waals surface area contributed by atoms with Gasteiger partial charge < -0.3 is 18.9 Å². The number of hydrogen-bond acceptors (Lipinski definition) is 7. The quantitative estimate of drug-likeness (QED) is 0.412. The number of fused-ring (bicyclic) bond motifs is 1. The molecule has 0 aromatic heterocycles. The third kappa shape index (κ3) is 4.72. The van der Waals surface area contributed by atoms with Gasteiger partial charge in [-0.1, -0.05) is 42.2 Å². The SMILES string of the molecule is COc1ccc(CCN2C(=O)C(=CC3=Cc4cccc(OC)c4OC3C)SC2=S)cc1OC. The smallest absolute Gasteiger partial charge is 0.266 e. The first-order chi connectivity index (χ1) is 15.9. The molecule has 33 heavy (non-hydrogen) atoms. The molecule has 8 heteroatoms. The van der Waals surface area contributed by atoms with Crippen molar-refractivity contribution in [2.24, 2.45) is 0 Å². The summed E-state index contributed by atoms with van der Waals surface area (Å²) >= 11 is 6.82. The number of ether oxygens (including phenoxy) is 4. The lowest BCUT2D eigenvalue weighted by Gasteiger charge is -2.24. The summed E-state index contributed by atoms with van der Waals surface area (Å²) in [4.78, 5) is 15.3. The first kappa shape index (κ1) is 23.2. The van der Waals surface area contributed by atoms with Crippen LogP contribution in [0.15, 0.2) is 53.0 Å². The number of benzene rings is 2. The number of amides is 1. The monoisotopic (exact) mass is 483 g/mol. The molecule has 1 fully saturated rings. The highest BCUT2D eigenvalue weighted by Gasteiger charge is 2.33. The molecule has 0 saturated carbocycles.